The van der Waals surface area contributed by atoms with Crippen molar-refractivity contribution in [1.29, 1.82) is 0 Å². The fourth-order valence-corrected chi connectivity index (χ4v) is 3.27. The molecule has 0 spiro atoms. The summed E-state index contributed by atoms with van der Waals surface area (Å²) in [6.07, 6.45) is -1.91. The van der Waals surface area contributed by atoms with E-state index in [1.165, 1.54) is 0 Å². The van der Waals surface area contributed by atoms with E-state index in [-0.39, 0.29) is 11.5 Å². The molecule has 28 heavy (non-hydrogen) atoms. The first kappa shape index (κ1) is 18.4. The molecule has 4 heterocycles. The molecule has 0 amide bonds. The van der Waals surface area contributed by atoms with Crippen LogP contribution >= 0.6 is 0 Å². The number of halogens is 4. The minimum absolute atomic E-state index is 0.156. The quantitative estimate of drug-likeness (QED) is 0.676. The van der Waals surface area contributed by atoms with Gasteiger partial charge in [-0.05, 0) is 18.9 Å². The van der Waals surface area contributed by atoms with Crippen molar-refractivity contribution in [3.8, 4) is 0 Å². The number of hydrogen-bond acceptors (Lipinski definition) is 6. The van der Waals surface area contributed by atoms with Crippen LogP contribution in [0.1, 0.15) is 30.1 Å². The monoisotopic (exact) mass is 398 g/mol. The molecular formula is C16H18F4N8. The number of aryl methyl sites for hydroxylation is 3. The molecule has 0 unspecified atom stereocenters. The van der Waals surface area contributed by atoms with Gasteiger partial charge in [-0.25, -0.2) is 9.37 Å². The van der Waals surface area contributed by atoms with E-state index in [4.69, 9.17) is 5.73 Å². The van der Waals surface area contributed by atoms with Crippen LogP contribution in [0.4, 0.5) is 29.3 Å². The van der Waals surface area contributed by atoms with Crippen LogP contribution < -0.4 is 10.6 Å². The Morgan fingerprint density at radius 3 is 2.50 bits per heavy atom. The maximum absolute atomic E-state index is 13.9. The zero-order chi connectivity index (χ0) is 20.1. The molecule has 1 fully saturated rings. The zero-order valence-electron chi connectivity index (χ0n) is 15.0. The first-order valence-corrected chi connectivity index (χ1v) is 8.79. The molecule has 4 rings (SSSR count). The van der Waals surface area contributed by atoms with Gasteiger partial charge in [0.2, 0.25) is 5.95 Å². The fraction of sp³-hybridized carbons (Fsp3) is 0.500. The molecule has 12 heteroatoms. The topological polar surface area (TPSA) is 90.2 Å². The lowest BCUT2D eigenvalue weighted by Gasteiger charge is -2.10. The number of anilines is 2. The number of rotatable bonds is 4. The van der Waals surface area contributed by atoms with Gasteiger partial charge in [0.25, 0.3) is 0 Å². The lowest BCUT2D eigenvalue weighted by molar-refractivity contribution is -0.139. The lowest BCUT2D eigenvalue weighted by atomic mass is 10.2. The third-order valence-corrected chi connectivity index (χ3v) is 4.75. The van der Waals surface area contributed by atoms with Crippen molar-refractivity contribution in [3.05, 3.63) is 29.1 Å². The summed E-state index contributed by atoms with van der Waals surface area (Å²) in [5.41, 5.74) is 3.87. The Balaban J connectivity index is 1.56. The van der Waals surface area contributed by atoms with Gasteiger partial charge in [-0.3, -0.25) is 4.68 Å². The number of nitrogens with two attached hydrogens (primary N) is 1. The molecule has 1 saturated heterocycles. The first-order chi connectivity index (χ1) is 13.2. The third-order valence-electron chi connectivity index (χ3n) is 4.75. The van der Waals surface area contributed by atoms with Crippen LogP contribution in [0.15, 0.2) is 6.07 Å². The molecule has 0 radical (unpaired) electrons. The first-order valence-electron chi connectivity index (χ1n) is 8.79. The molecule has 2 N–H and O–H groups in total. The molecule has 0 aliphatic carbocycles. The average molecular weight is 398 g/mol. The van der Waals surface area contributed by atoms with E-state index >= 15 is 0 Å². The van der Waals surface area contributed by atoms with Crippen LogP contribution in [0, 0.1) is 5.82 Å². The second kappa shape index (κ2) is 6.60. The summed E-state index contributed by atoms with van der Waals surface area (Å²) in [6, 6.07) is 0.607. The van der Waals surface area contributed by atoms with Crippen molar-refractivity contribution < 1.29 is 17.6 Å². The van der Waals surface area contributed by atoms with Gasteiger partial charge in [0.05, 0.1) is 5.56 Å². The van der Waals surface area contributed by atoms with E-state index in [2.05, 4.69) is 25.1 Å². The molecule has 0 aromatic carbocycles. The molecule has 3 aromatic heterocycles. The summed E-state index contributed by atoms with van der Waals surface area (Å²) < 4.78 is 55.3. The summed E-state index contributed by atoms with van der Waals surface area (Å²) in [5.74, 6) is -0.662. The van der Waals surface area contributed by atoms with E-state index in [9.17, 15) is 17.6 Å². The minimum Gasteiger partial charge on any atom is -0.381 e. The van der Waals surface area contributed by atoms with Crippen LogP contribution in [0.2, 0.25) is 0 Å². The number of nitrogens with zero attached hydrogens (tertiary/aromatic N) is 7. The van der Waals surface area contributed by atoms with Crippen molar-refractivity contribution in [2.24, 2.45) is 7.05 Å². The Morgan fingerprint density at radius 2 is 1.82 bits per heavy atom. The summed E-state index contributed by atoms with van der Waals surface area (Å²) >= 11 is 0. The Morgan fingerprint density at radius 1 is 1.11 bits per heavy atom. The van der Waals surface area contributed by atoms with Crippen LogP contribution in [-0.2, 0) is 26.1 Å². The molecule has 8 nitrogen and oxygen atoms in total. The van der Waals surface area contributed by atoms with Crippen LogP contribution in [0.5, 0.6) is 0 Å². The molecule has 150 valence electrons. The summed E-state index contributed by atoms with van der Waals surface area (Å²) in [6.45, 7) is 1.84. The predicted octanol–water partition coefficient (Wildman–Crippen LogP) is 1.98. The van der Waals surface area contributed by atoms with Gasteiger partial charge in [0, 0.05) is 33.0 Å². The second-order valence-corrected chi connectivity index (χ2v) is 6.70. The van der Waals surface area contributed by atoms with Gasteiger partial charge >= 0.3 is 6.18 Å². The van der Waals surface area contributed by atoms with E-state index in [1.807, 2.05) is 0 Å². The summed E-state index contributed by atoms with van der Waals surface area (Å²) in [4.78, 5) is 10.7. The Bertz CT molecular complexity index is 1020. The van der Waals surface area contributed by atoms with Crippen molar-refractivity contribution in [2.75, 3.05) is 23.7 Å². The van der Waals surface area contributed by atoms with Crippen molar-refractivity contribution in [1.82, 2.24) is 29.4 Å². The van der Waals surface area contributed by atoms with Crippen LogP contribution in [0.25, 0.3) is 5.65 Å². The Hall–Kier alpha value is -2.92. The number of nitrogen functional groups attached to an aromatic ring is 1. The molecule has 0 saturated carbocycles. The number of alkyl halides is 3. The molecule has 1 aliphatic heterocycles. The van der Waals surface area contributed by atoms with Gasteiger partial charge < -0.3 is 10.6 Å². The van der Waals surface area contributed by atoms with Crippen LogP contribution in [0.3, 0.4) is 0 Å². The number of hydrogen-bond donors (Lipinski definition) is 1. The molecular weight excluding hydrogens is 380 g/mol. The molecule has 0 atom stereocenters. The zero-order valence-corrected chi connectivity index (χ0v) is 15.0. The highest BCUT2D eigenvalue weighted by molar-refractivity contribution is 5.52. The highest BCUT2D eigenvalue weighted by Gasteiger charge is 2.36. The third kappa shape index (κ3) is 3.22. The molecule has 3 aromatic rings. The molecule has 0 bridgehead atoms. The average Bonchev–Trinajstić information content (AvgIpc) is 3.34. The van der Waals surface area contributed by atoms with E-state index < -0.39 is 23.4 Å². The highest BCUT2D eigenvalue weighted by atomic mass is 19.4. The van der Waals surface area contributed by atoms with Gasteiger partial charge in [-0.1, -0.05) is 0 Å². The number of fused-ring (bicyclic) bond motifs is 1. The SMILES string of the molecule is Cn1nc(N2CCCC2)nc1CCc1nc2cc(C(F)(F)F)c(F)c(N)n2n1. The van der Waals surface area contributed by atoms with Gasteiger partial charge in [-0.2, -0.15) is 22.7 Å². The number of aromatic nitrogens is 6. The smallest absolute Gasteiger partial charge is 0.381 e. The molecule has 1 aliphatic rings. The van der Waals surface area contributed by atoms with Gasteiger partial charge in [-0.15, -0.1) is 10.2 Å². The van der Waals surface area contributed by atoms with Crippen LogP contribution in [-0.4, -0.2) is 42.5 Å². The van der Waals surface area contributed by atoms with E-state index in [0.29, 0.717) is 30.7 Å². The second-order valence-electron chi connectivity index (χ2n) is 6.70. The van der Waals surface area contributed by atoms with Crippen molar-refractivity contribution in [3.63, 3.8) is 0 Å². The summed E-state index contributed by atoms with van der Waals surface area (Å²) in [7, 11) is 1.78. The van der Waals surface area contributed by atoms with Gasteiger partial charge in [0.15, 0.2) is 23.1 Å². The Labute approximate surface area is 157 Å². The number of pyridine rings is 1. The maximum Gasteiger partial charge on any atom is 0.419 e. The Kier molecular flexibility index (Phi) is 4.35. The highest BCUT2D eigenvalue weighted by Crippen LogP contribution is 2.34. The van der Waals surface area contributed by atoms with Crippen molar-refractivity contribution in [2.45, 2.75) is 31.9 Å². The maximum atomic E-state index is 13.9. The van der Waals surface area contributed by atoms with E-state index in [0.717, 1.165) is 30.4 Å². The standard InChI is InChI=1S/C16H18F4N8/c1-26-11(23-15(25-26)27-6-2-3-7-27)5-4-10-22-12-8-9(16(18,19)20)13(17)14(21)28(12)24-10/h8H,2-7,21H2,1H3. The lowest BCUT2D eigenvalue weighted by Crippen LogP contribution is -2.19. The predicted molar refractivity (Wildman–Crippen MR) is 92.2 cm³/mol. The largest absolute Gasteiger partial charge is 0.419 e. The summed E-state index contributed by atoms with van der Waals surface area (Å²) in [5, 5.41) is 8.43. The minimum atomic E-state index is -4.86. The van der Waals surface area contributed by atoms with E-state index in [1.54, 1.807) is 11.7 Å². The van der Waals surface area contributed by atoms with Gasteiger partial charge in [0.1, 0.15) is 5.82 Å². The fourth-order valence-electron chi connectivity index (χ4n) is 3.27. The van der Waals surface area contributed by atoms with Crippen molar-refractivity contribution >= 4 is 17.4 Å². The normalized spacial score (nSPS) is 15.1.